The first-order valence-electron chi connectivity index (χ1n) is 4.18. The molecule has 70 valence electrons. The fraction of sp³-hybridized carbons (Fsp3) is 0.444. The molecule has 0 fully saturated rings. The molecule has 0 aliphatic rings. The second-order valence-electron chi connectivity index (χ2n) is 3.36. The lowest BCUT2D eigenvalue weighted by Gasteiger charge is -2.04. The van der Waals surface area contributed by atoms with Crippen molar-refractivity contribution >= 4 is 5.69 Å². The zero-order valence-corrected chi connectivity index (χ0v) is 7.73. The van der Waals surface area contributed by atoms with Crippen LogP contribution in [0.15, 0.2) is 18.5 Å². The maximum atomic E-state index is 10.6. The fourth-order valence-electron chi connectivity index (χ4n) is 1.19. The van der Waals surface area contributed by atoms with Crippen LogP contribution in [0.2, 0.25) is 0 Å². The van der Waals surface area contributed by atoms with Gasteiger partial charge in [-0.15, -0.1) is 0 Å². The second-order valence-corrected chi connectivity index (χ2v) is 3.36. The molecule has 0 bridgehead atoms. The molecule has 0 radical (unpaired) electrons. The van der Waals surface area contributed by atoms with Crippen LogP contribution in [0.5, 0.6) is 0 Å². The van der Waals surface area contributed by atoms with E-state index in [-0.39, 0.29) is 10.6 Å². The number of nitro groups is 1. The molecule has 0 aromatic carbocycles. The van der Waals surface area contributed by atoms with Gasteiger partial charge in [0.2, 0.25) is 0 Å². The van der Waals surface area contributed by atoms with E-state index in [4.69, 9.17) is 0 Å². The Hall–Kier alpha value is -1.45. The Morgan fingerprint density at radius 3 is 2.85 bits per heavy atom. The van der Waals surface area contributed by atoms with E-state index < -0.39 is 0 Å². The van der Waals surface area contributed by atoms with Gasteiger partial charge >= 0.3 is 0 Å². The van der Waals surface area contributed by atoms with E-state index in [9.17, 15) is 10.1 Å². The van der Waals surface area contributed by atoms with Crippen molar-refractivity contribution < 1.29 is 4.92 Å². The fourth-order valence-corrected chi connectivity index (χ4v) is 1.19. The summed E-state index contributed by atoms with van der Waals surface area (Å²) < 4.78 is 0. The Bertz CT molecular complexity index is 310. The molecule has 0 amide bonds. The molecule has 0 saturated heterocycles. The predicted molar refractivity (Wildman–Crippen MR) is 49.4 cm³/mol. The molecule has 0 spiro atoms. The number of hydrogen-bond donors (Lipinski definition) is 0. The summed E-state index contributed by atoms with van der Waals surface area (Å²) in [6, 6.07) is 1.71. The molecule has 4 nitrogen and oxygen atoms in total. The van der Waals surface area contributed by atoms with Gasteiger partial charge in [-0.1, -0.05) is 13.8 Å². The maximum Gasteiger partial charge on any atom is 0.290 e. The first kappa shape index (κ1) is 9.64. The summed E-state index contributed by atoms with van der Waals surface area (Å²) >= 11 is 0. The molecular formula is C9H12N2O2. The van der Waals surface area contributed by atoms with Gasteiger partial charge in [-0.05, 0) is 18.4 Å². The van der Waals surface area contributed by atoms with Gasteiger partial charge in [0.25, 0.3) is 5.69 Å². The van der Waals surface area contributed by atoms with Gasteiger partial charge < -0.3 is 0 Å². The molecule has 0 atom stereocenters. The maximum absolute atomic E-state index is 10.6. The standard InChI is InChI=1S/C9H12N2O2/c1-7(2)5-8-3-4-10-6-9(8)11(12)13/h3-4,6-7H,5H2,1-2H3. The average Bonchev–Trinajstić information content (AvgIpc) is 2.03. The molecular weight excluding hydrogens is 168 g/mol. The van der Waals surface area contributed by atoms with Gasteiger partial charge in [-0.25, -0.2) is 0 Å². The first-order valence-corrected chi connectivity index (χ1v) is 4.18. The van der Waals surface area contributed by atoms with Crippen molar-refractivity contribution in [2.75, 3.05) is 0 Å². The minimum atomic E-state index is -0.384. The summed E-state index contributed by atoms with van der Waals surface area (Å²) in [4.78, 5) is 13.9. The van der Waals surface area contributed by atoms with Crippen LogP contribution >= 0.6 is 0 Å². The van der Waals surface area contributed by atoms with Crippen LogP contribution in [0, 0.1) is 16.0 Å². The van der Waals surface area contributed by atoms with Crippen LogP contribution in [0.25, 0.3) is 0 Å². The van der Waals surface area contributed by atoms with Crippen LogP contribution < -0.4 is 0 Å². The van der Waals surface area contributed by atoms with Gasteiger partial charge in [-0.2, -0.15) is 0 Å². The van der Waals surface area contributed by atoms with Crippen LogP contribution in [0.4, 0.5) is 5.69 Å². The minimum absolute atomic E-state index is 0.121. The lowest BCUT2D eigenvalue weighted by molar-refractivity contribution is -0.385. The molecule has 1 aromatic heterocycles. The molecule has 13 heavy (non-hydrogen) atoms. The molecule has 0 aliphatic carbocycles. The lowest BCUT2D eigenvalue weighted by atomic mass is 10.0. The second kappa shape index (κ2) is 3.98. The first-order chi connectivity index (χ1) is 6.11. The largest absolute Gasteiger partial charge is 0.290 e. The molecule has 0 N–H and O–H groups in total. The summed E-state index contributed by atoms with van der Waals surface area (Å²) in [6.07, 6.45) is 3.61. The molecule has 0 saturated carbocycles. The number of aromatic nitrogens is 1. The molecule has 4 heteroatoms. The van der Waals surface area contributed by atoms with Crippen molar-refractivity contribution in [3.8, 4) is 0 Å². The Morgan fingerprint density at radius 2 is 2.31 bits per heavy atom. The predicted octanol–water partition coefficient (Wildman–Crippen LogP) is 2.19. The van der Waals surface area contributed by atoms with E-state index >= 15 is 0 Å². The molecule has 1 heterocycles. The highest BCUT2D eigenvalue weighted by Crippen LogP contribution is 2.19. The van der Waals surface area contributed by atoms with Gasteiger partial charge in [0.15, 0.2) is 0 Å². The molecule has 0 aliphatic heterocycles. The van der Waals surface area contributed by atoms with E-state index in [0.717, 1.165) is 12.0 Å². The van der Waals surface area contributed by atoms with Crippen molar-refractivity contribution in [2.45, 2.75) is 20.3 Å². The van der Waals surface area contributed by atoms with Gasteiger partial charge in [0.1, 0.15) is 6.20 Å². The Kier molecular flexibility index (Phi) is 2.95. The normalized spacial score (nSPS) is 10.4. The topological polar surface area (TPSA) is 56.0 Å². The summed E-state index contributed by atoms with van der Waals surface area (Å²) in [6.45, 7) is 4.06. The van der Waals surface area contributed by atoms with Crippen molar-refractivity contribution in [3.63, 3.8) is 0 Å². The Morgan fingerprint density at radius 1 is 1.62 bits per heavy atom. The van der Waals surface area contributed by atoms with Gasteiger partial charge in [-0.3, -0.25) is 15.1 Å². The smallest absolute Gasteiger partial charge is 0.258 e. The van der Waals surface area contributed by atoms with Gasteiger partial charge in [0, 0.05) is 11.8 Å². The molecule has 0 unspecified atom stereocenters. The lowest BCUT2D eigenvalue weighted by Crippen LogP contribution is -2.00. The summed E-state index contributed by atoms with van der Waals surface area (Å²) in [5.74, 6) is 0.418. The summed E-state index contributed by atoms with van der Waals surface area (Å²) in [5, 5.41) is 10.6. The highest BCUT2D eigenvalue weighted by molar-refractivity contribution is 5.36. The van der Waals surface area contributed by atoms with Crippen LogP contribution in [0.1, 0.15) is 19.4 Å². The van der Waals surface area contributed by atoms with Crippen LogP contribution in [-0.4, -0.2) is 9.91 Å². The molecule has 1 aromatic rings. The Balaban J connectivity index is 2.98. The third kappa shape index (κ3) is 2.50. The Labute approximate surface area is 76.8 Å². The number of pyridine rings is 1. The van der Waals surface area contributed by atoms with Crippen molar-refractivity contribution in [1.82, 2.24) is 4.98 Å². The molecule has 1 rings (SSSR count). The van der Waals surface area contributed by atoms with E-state index in [2.05, 4.69) is 4.98 Å². The summed E-state index contributed by atoms with van der Waals surface area (Å²) in [7, 11) is 0. The SMILES string of the molecule is CC(C)Cc1ccncc1[N+](=O)[O-]. The third-order valence-corrected chi connectivity index (χ3v) is 1.71. The minimum Gasteiger partial charge on any atom is -0.258 e. The van der Waals surface area contributed by atoms with E-state index in [0.29, 0.717) is 5.92 Å². The van der Waals surface area contributed by atoms with Crippen molar-refractivity contribution in [3.05, 3.63) is 34.1 Å². The van der Waals surface area contributed by atoms with E-state index in [1.165, 1.54) is 6.20 Å². The highest BCUT2D eigenvalue weighted by Gasteiger charge is 2.13. The zero-order valence-electron chi connectivity index (χ0n) is 7.73. The zero-order chi connectivity index (χ0) is 9.84. The van der Waals surface area contributed by atoms with Crippen LogP contribution in [-0.2, 0) is 6.42 Å². The number of nitrogens with zero attached hydrogens (tertiary/aromatic N) is 2. The van der Waals surface area contributed by atoms with E-state index in [1.54, 1.807) is 12.3 Å². The average molecular weight is 180 g/mol. The van der Waals surface area contributed by atoms with E-state index in [1.807, 2.05) is 13.8 Å². The van der Waals surface area contributed by atoms with Gasteiger partial charge in [0.05, 0.1) is 4.92 Å². The number of hydrogen-bond acceptors (Lipinski definition) is 3. The van der Waals surface area contributed by atoms with Crippen molar-refractivity contribution in [2.24, 2.45) is 5.92 Å². The summed E-state index contributed by atoms with van der Waals surface area (Å²) in [5.41, 5.74) is 0.881. The monoisotopic (exact) mass is 180 g/mol. The number of rotatable bonds is 3. The highest BCUT2D eigenvalue weighted by atomic mass is 16.6. The third-order valence-electron chi connectivity index (χ3n) is 1.71. The van der Waals surface area contributed by atoms with Crippen LogP contribution in [0.3, 0.4) is 0 Å². The quantitative estimate of drug-likeness (QED) is 0.529. The van der Waals surface area contributed by atoms with Crippen molar-refractivity contribution in [1.29, 1.82) is 0 Å².